The zero-order valence-electron chi connectivity index (χ0n) is 21.2. The number of rotatable bonds is 18. The van der Waals surface area contributed by atoms with Crippen molar-refractivity contribution < 1.29 is 4.79 Å². The molecule has 2 heterocycles. The van der Waals surface area contributed by atoms with Crippen LogP contribution in [0.2, 0.25) is 0 Å². The Morgan fingerprint density at radius 2 is 1.82 bits per heavy atom. The fourth-order valence-electron chi connectivity index (χ4n) is 4.52. The molecule has 3 rings (SSSR count). The molecule has 1 aliphatic carbocycles. The Hall–Kier alpha value is -1.82. The fourth-order valence-corrected chi connectivity index (χ4v) is 4.77. The van der Waals surface area contributed by atoms with Crippen molar-refractivity contribution in [3.05, 3.63) is 36.4 Å². The third-order valence-electron chi connectivity index (χ3n) is 6.83. The Morgan fingerprint density at radius 3 is 2.53 bits per heavy atom. The van der Waals surface area contributed by atoms with E-state index in [9.17, 15) is 4.79 Å². The number of anilines is 1. The standard InChI is InChI=1S/C28H44N4OS/c1-3-4-5-6-7-8-9-10-11-12-13-14-15-23(20-26(34)22(2)33)25-21-30-28-27(31-24-16-17-24)29-18-19-32(25)28/h10-11,18-19,21,23-24,26,34H,3-9,12-17,20H2,1-2H3,(H,29,31)/b11-10-. The van der Waals surface area contributed by atoms with Gasteiger partial charge in [-0.3, -0.25) is 9.20 Å². The van der Waals surface area contributed by atoms with Crippen LogP contribution in [0, 0.1) is 0 Å². The molecular weight excluding hydrogens is 440 g/mol. The summed E-state index contributed by atoms with van der Waals surface area (Å²) >= 11 is 4.59. The van der Waals surface area contributed by atoms with Crippen LogP contribution < -0.4 is 5.32 Å². The third kappa shape index (κ3) is 8.75. The minimum Gasteiger partial charge on any atom is -0.364 e. The van der Waals surface area contributed by atoms with E-state index in [1.54, 1.807) is 6.92 Å². The first-order valence-corrected chi connectivity index (χ1v) is 14.0. The number of Topliss-reactive ketones (excluding diaryl/α,β-unsaturated/α-hetero) is 1. The largest absolute Gasteiger partial charge is 0.364 e. The zero-order valence-corrected chi connectivity index (χ0v) is 22.1. The Kier molecular flexibility index (Phi) is 11.5. The number of carbonyl (C=O) groups excluding carboxylic acids is 1. The highest BCUT2D eigenvalue weighted by Crippen LogP contribution is 2.32. The lowest BCUT2D eigenvalue weighted by Crippen LogP contribution is -2.16. The lowest BCUT2D eigenvalue weighted by atomic mass is 9.92. The highest BCUT2D eigenvalue weighted by molar-refractivity contribution is 7.81. The van der Waals surface area contributed by atoms with Crippen molar-refractivity contribution in [1.29, 1.82) is 0 Å². The van der Waals surface area contributed by atoms with Gasteiger partial charge in [0.15, 0.2) is 11.5 Å². The number of allylic oxidation sites excluding steroid dienone is 2. The van der Waals surface area contributed by atoms with E-state index in [1.165, 1.54) is 64.2 Å². The molecule has 0 bridgehead atoms. The second kappa shape index (κ2) is 14.6. The number of fused-ring (bicyclic) bond motifs is 1. The highest BCUT2D eigenvalue weighted by Gasteiger charge is 2.25. The van der Waals surface area contributed by atoms with E-state index in [0.29, 0.717) is 6.04 Å². The van der Waals surface area contributed by atoms with Gasteiger partial charge >= 0.3 is 0 Å². The molecule has 2 atom stereocenters. The molecule has 2 aromatic rings. The molecule has 0 aliphatic heterocycles. The SMILES string of the molecule is CCCCCCCC/C=C\CCCCC(CC(S)C(C)=O)c1cnc2c(NC3CC3)nccn12. The summed E-state index contributed by atoms with van der Waals surface area (Å²) in [5.74, 6) is 1.25. The molecule has 5 nitrogen and oxygen atoms in total. The number of nitrogens with zero attached hydrogens (tertiary/aromatic N) is 3. The number of carbonyl (C=O) groups is 1. The number of aromatic nitrogens is 3. The van der Waals surface area contributed by atoms with Crippen molar-refractivity contribution in [2.45, 2.75) is 121 Å². The van der Waals surface area contributed by atoms with Gasteiger partial charge in [-0.15, -0.1) is 0 Å². The van der Waals surface area contributed by atoms with E-state index < -0.39 is 0 Å². The average Bonchev–Trinajstić information content (AvgIpc) is 3.54. The van der Waals surface area contributed by atoms with Crippen molar-refractivity contribution in [3.63, 3.8) is 0 Å². The first kappa shape index (κ1) is 26.8. The van der Waals surface area contributed by atoms with Gasteiger partial charge in [-0.2, -0.15) is 12.6 Å². The Labute approximate surface area is 211 Å². The second-order valence-electron chi connectivity index (χ2n) is 9.94. The molecule has 0 radical (unpaired) electrons. The topological polar surface area (TPSA) is 59.3 Å². The summed E-state index contributed by atoms with van der Waals surface area (Å²) in [6.07, 6.45) is 27.5. The second-order valence-corrected chi connectivity index (χ2v) is 10.6. The van der Waals surface area contributed by atoms with E-state index in [0.717, 1.165) is 42.8 Å². The lowest BCUT2D eigenvalue weighted by Gasteiger charge is -2.19. The van der Waals surface area contributed by atoms with Crippen LogP contribution in [0.25, 0.3) is 5.65 Å². The average molecular weight is 485 g/mol. The summed E-state index contributed by atoms with van der Waals surface area (Å²) in [6, 6.07) is 0.531. The number of thiol groups is 1. The summed E-state index contributed by atoms with van der Waals surface area (Å²) in [5, 5.41) is 3.25. The molecule has 188 valence electrons. The van der Waals surface area contributed by atoms with E-state index in [-0.39, 0.29) is 17.0 Å². The molecule has 1 fully saturated rings. The van der Waals surface area contributed by atoms with Crippen LogP contribution in [-0.4, -0.2) is 31.4 Å². The van der Waals surface area contributed by atoms with Crippen LogP contribution in [0.1, 0.15) is 115 Å². The molecule has 0 aromatic carbocycles. The predicted molar refractivity (Wildman–Crippen MR) is 146 cm³/mol. The maximum absolute atomic E-state index is 11.9. The van der Waals surface area contributed by atoms with Crippen molar-refractivity contribution in [1.82, 2.24) is 14.4 Å². The van der Waals surface area contributed by atoms with E-state index in [2.05, 4.69) is 46.4 Å². The van der Waals surface area contributed by atoms with E-state index in [1.807, 2.05) is 18.6 Å². The smallest absolute Gasteiger partial charge is 0.180 e. The van der Waals surface area contributed by atoms with Crippen LogP contribution in [0.3, 0.4) is 0 Å². The molecular formula is C28H44N4OS. The van der Waals surface area contributed by atoms with Gasteiger partial charge in [-0.05, 0) is 58.3 Å². The Morgan fingerprint density at radius 1 is 1.12 bits per heavy atom. The molecule has 6 heteroatoms. The fraction of sp³-hybridized carbons (Fsp3) is 0.679. The van der Waals surface area contributed by atoms with Gasteiger partial charge < -0.3 is 5.32 Å². The van der Waals surface area contributed by atoms with Gasteiger partial charge in [0.1, 0.15) is 5.78 Å². The first-order valence-electron chi connectivity index (χ1n) is 13.5. The van der Waals surface area contributed by atoms with Crippen LogP contribution in [0.4, 0.5) is 5.82 Å². The maximum Gasteiger partial charge on any atom is 0.180 e. The van der Waals surface area contributed by atoms with Crippen molar-refractivity contribution in [2.24, 2.45) is 0 Å². The highest BCUT2D eigenvalue weighted by atomic mass is 32.1. The summed E-state index contributed by atoms with van der Waals surface area (Å²) in [6.45, 7) is 3.91. The van der Waals surface area contributed by atoms with Gasteiger partial charge in [-0.1, -0.05) is 57.6 Å². The number of hydrogen-bond donors (Lipinski definition) is 2. The number of hydrogen-bond acceptors (Lipinski definition) is 5. The van der Waals surface area contributed by atoms with Crippen LogP contribution >= 0.6 is 12.6 Å². The normalized spacial score (nSPS) is 15.7. The zero-order chi connectivity index (χ0) is 24.2. The van der Waals surface area contributed by atoms with Gasteiger partial charge in [0, 0.05) is 36.2 Å². The number of unbranched alkanes of at least 4 members (excludes halogenated alkanes) is 8. The molecule has 2 unspecified atom stereocenters. The van der Waals surface area contributed by atoms with Crippen LogP contribution in [-0.2, 0) is 4.79 Å². The monoisotopic (exact) mass is 484 g/mol. The van der Waals surface area contributed by atoms with Gasteiger partial charge in [0.05, 0.1) is 5.25 Å². The van der Waals surface area contributed by atoms with Crippen molar-refractivity contribution in [3.8, 4) is 0 Å². The first-order chi connectivity index (χ1) is 16.6. The predicted octanol–water partition coefficient (Wildman–Crippen LogP) is 7.53. The molecule has 1 aliphatic rings. The summed E-state index contributed by atoms with van der Waals surface area (Å²) in [5.41, 5.74) is 2.04. The third-order valence-corrected chi connectivity index (χ3v) is 7.41. The van der Waals surface area contributed by atoms with Gasteiger partial charge in [0.2, 0.25) is 0 Å². The number of imidazole rings is 1. The minimum absolute atomic E-state index is 0.137. The van der Waals surface area contributed by atoms with Crippen LogP contribution in [0.15, 0.2) is 30.7 Å². The van der Waals surface area contributed by atoms with Gasteiger partial charge in [-0.25, -0.2) is 9.97 Å². The van der Waals surface area contributed by atoms with E-state index in [4.69, 9.17) is 4.98 Å². The summed E-state index contributed by atoms with van der Waals surface area (Å²) in [7, 11) is 0. The maximum atomic E-state index is 11.9. The summed E-state index contributed by atoms with van der Waals surface area (Å²) in [4.78, 5) is 21.2. The molecule has 0 saturated heterocycles. The Bertz CT molecular complexity index is 905. The lowest BCUT2D eigenvalue weighted by molar-refractivity contribution is -0.116. The molecule has 0 amide bonds. The van der Waals surface area contributed by atoms with E-state index >= 15 is 0 Å². The molecule has 2 aromatic heterocycles. The summed E-state index contributed by atoms with van der Waals surface area (Å²) < 4.78 is 2.16. The van der Waals surface area contributed by atoms with Crippen molar-refractivity contribution >= 4 is 29.9 Å². The molecule has 1 N–H and O–H groups in total. The quantitative estimate of drug-likeness (QED) is 0.130. The van der Waals surface area contributed by atoms with Crippen molar-refractivity contribution in [2.75, 3.05) is 5.32 Å². The number of nitrogens with one attached hydrogen (secondary N) is 1. The Balaban J connectivity index is 1.50. The minimum atomic E-state index is -0.237. The molecule has 34 heavy (non-hydrogen) atoms. The molecule has 1 saturated carbocycles. The molecule has 0 spiro atoms. The van der Waals surface area contributed by atoms with Crippen LogP contribution in [0.5, 0.6) is 0 Å². The van der Waals surface area contributed by atoms with Gasteiger partial charge in [0.25, 0.3) is 0 Å². The number of ketones is 1.